The minimum absolute atomic E-state index is 0.216. The van der Waals surface area contributed by atoms with Gasteiger partial charge in [0.15, 0.2) is 0 Å². The number of piperidine rings is 1. The Balaban J connectivity index is 1.96. The number of aliphatic hydroxyl groups excluding tert-OH is 1. The summed E-state index contributed by atoms with van der Waals surface area (Å²) in [5, 5.41) is 17.1. The number of halogens is 1. The van der Waals surface area contributed by atoms with Gasteiger partial charge < -0.3 is 15.7 Å². The molecule has 25 heavy (non-hydrogen) atoms. The van der Waals surface area contributed by atoms with Gasteiger partial charge in [0.1, 0.15) is 0 Å². The lowest BCUT2D eigenvalue weighted by molar-refractivity contribution is 0.183. The lowest BCUT2D eigenvalue weighted by atomic mass is 9.70. The Morgan fingerprint density at radius 1 is 1.28 bits per heavy atom. The Morgan fingerprint density at radius 2 is 2.04 bits per heavy atom. The van der Waals surface area contributed by atoms with Crippen LogP contribution in [0.5, 0.6) is 0 Å². The molecule has 5 nitrogen and oxygen atoms in total. The standard InChI is InChI=1S/C19H25ClN4O/c1-2-14(25)13-23-18-22-10-7-17(24-18)19(8-11-21-12-9-19)15-5-3-4-6-16(15)20/h3-7,10,14,21,25H,2,8-9,11-13H2,1H3,(H,22,23,24)/t14-/m0/s1. The third-order valence-electron chi connectivity index (χ3n) is 4.96. The predicted octanol–water partition coefficient (Wildman–Crippen LogP) is 2.98. The Hall–Kier alpha value is -1.69. The van der Waals surface area contributed by atoms with Gasteiger partial charge in [0.25, 0.3) is 0 Å². The molecule has 1 aromatic carbocycles. The van der Waals surface area contributed by atoms with Crippen LogP contribution >= 0.6 is 11.6 Å². The molecule has 1 aromatic heterocycles. The SMILES string of the molecule is CC[C@H](O)CNc1nccc(C2(c3ccccc3Cl)CCNCC2)n1. The van der Waals surface area contributed by atoms with Gasteiger partial charge in [-0.25, -0.2) is 9.97 Å². The van der Waals surface area contributed by atoms with Crippen LogP contribution in [0, 0.1) is 0 Å². The summed E-state index contributed by atoms with van der Waals surface area (Å²) < 4.78 is 0. The van der Waals surface area contributed by atoms with Crippen LogP contribution in [-0.2, 0) is 5.41 Å². The molecule has 0 saturated carbocycles. The van der Waals surface area contributed by atoms with Crippen molar-refractivity contribution in [1.29, 1.82) is 0 Å². The Bertz CT molecular complexity index is 703. The molecule has 1 aliphatic heterocycles. The molecule has 1 fully saturated rings. The molecule has 0 spiro atoms. The lowest BCUT2D eigenvalue weighted by Gasteiger charge is -2.38. The second-order valence-electron chi connectivity index (χ2n) is 6.52. The van der Waals surface area contributed by atoms with Crippen molar-refractivity contribution >= 4 is 17.5 Å². The molecule has 3 rings (SSSR count). The second kappa shape index (κ2) is 8.13. The summed E-state index contributed by atoms with van der Waals surface area (Å²) in [6, 6.07) is 10.0. The third-order valence-corrected chi connectivity index (χ3v) is 5.29. The van der Waals surface area contributed by atoms with Gasteiger partial charge in [-0.2, -0.15) is 0 Å². The summed E-state index contributed by atoms with van der Waals surface area (Å²) in [6.45, 7) is 4.24. The van der Waals surface area contributed by atoms with Crippen molar-refractivity contribution in [3.8, 4) is 0 Å². The van der Waals surface area contributed by atoms with E-state index in [-0.39, 0.29) is 5.41 Å². The number of hydrogen-bond donors (Lipinski definition) is 3. The van der Waals surface area contributed by atoms with Crippen LogP contribution in [0.2, 0.25) is 5.02 Å². The van der Waals surface area contributed by atoms with Crippen LogP contribution in [0.4, 0.5) is 5.95 Å². The van der Waals surface area contributed by atoms with Gasteiger partial charge in [0.05, 0.1) is 11.8 Å². The quantitative estimate of drug-likeness (QED) is 0.738. The molecule has 0 bridgehead atoms. The van der Waals surface area contributed by atoms with Crippen LogP contribution in [0.1, 0.15) is 37.4 Å². The zero-order valence-electron chi connectivity index (χ0n) is 14.5. The molecular formula is C19H25ClN4O. The van der Waals surface area contributed by atoms with Gasteiger partial charge in [0, 0.05) is 23.2 Å². The molecule has 0 amide bonds. The van der Waals surface area contributed by atoms with E-state index in [0.717, 1.165) is 42.2 Å². The van der Waals surface area contributed by atoms with Crippen LogP contribution in [0.25, 0.3) is 0 Å². The van der Waals surface area contributed by atoms with Crippen LogP contribution in [0.15, 0.2) is 36.5 Å². The van der Waals surface area contributed by atoms with Gasteiger partial charge in [-0.1, -0.05) is 36.7 Å². The molecule has 2 aromatic rings. The number of nitrogens with zero attached hydrogens (tertiary/aromatic N) is 2. The van der Waals surface area contributed by atoms with Crippen molar-refractivity contribution < 1.29 is 5.11 Å². The van der Waals surface area contributed by atoms with Gasteiger partial charge >= 0.3 is 0 Å². The monoisotopic (exact) mass is 360 g/mol. The van der Waals surface area contributed by atoms with E-state index in [4.69, 9.17) is 16.6 Å². The van der Waals surface area contributed by atoms with E-state index in [1.807, 2.05) is 31.2 Å². The first-order chi connectivity index (χ1) is 12.2. The fourth-order valence-corrected chi connectivity index (χ4v) is 3.75. The van der Waals surface area contributed by atoms with Crippen molar-refractivity contribution in [1.82, 2.24) is 15.3 Å². The molecule has 6 heteroatoms. The smallest absolute Gasteiger partial charge is 0.222 e. The Labute approximate surface area is 153 Å². The van der Waals surface area contributed by atoms with Crippen molar-refractivity contribution in [2.45, 2.75) is 37.7 Å². The first-order valence-electron chi connectivity index (χ1n) is 8.87. The van der Waals surface area contributed by atoms with E-state index >= 15 is 0 Å². The number of anilines is 1. The van der Waals surface area contributed by atoms with Crippen LogP contribution < -0.4 is 10.6 Å². The maximum absolute atomic E-state index is 9.76. The number of rotatable bonds is 6. The fourth-order valence-electron chi connectivity index (χ4n) is 3.43. The summed E-state index contributed by atoms with van der Waals surface area (Å²) in [4.78, 5) is 9.08. The van der Waals surface area contributed by atoms with Gasteiger partial charge in [-0.05, 0) is 50.0 Å². The highest BCUT2D eigenvalue weighted by Gasteiger charge is 2.38. The maximum atomic E-state index is 9.76. The minimum atomic E-state index is -0.399. The fraction of sp³-hybridized carbons (Fsp3) is 0.474. The summed E-state index contributed by atoms with van der Waals surface area (Å²) >= 11 is 6.55. The van der Waals surface area contributed by atoms with Crippen molar-refractivity contribution in [2.75, 3.05) is 25.0 Å². The molecule has 2 heterocycles. The zero-order valence-corrected chi connectivity index (χ0v) is 15.3. The van der Waals surface area contributed by atoms with E-state index in [0.29, 0.717) is 18.9 Å². The Kier molecular flexibility index (Phi) is 5.89. The molecule has 1 saturated heterocycles. The summed E-state index contributed by atoms with van der Waals surface area (Å²) in [5.74, 6) is 0.551. The Morgan fingerprint density at radius 3 is 2.76 bits per heavy atom. The molecule has 1 aliphatic rings. The minimum Gasteiger partial charge on any atom is -0.391 e. The highest BCUT2D eigenvalue weighted by atomic mass is 35.5. The van der Waals surface area contributed by atoms with Gasteiger partial charge in [-0.15, -0.1) is 0 Å². The largest absolute Gasteiger partial charge is 0.391 e. The molecule has 134 valence electrons. The van der Waals surface area contributed by atoms with E-state index in [9.17, 15) is 5.11 Å². The summed E-state index contributed by atoms with van der Waals surface area (Å²) in [5.41, 5.74) is 1.88. The first-order valence-corrected chi connectivity index (χ1v) is 9.24. The van der Waals surface area contributed by atoms with Crippen molar-refractivity contribution in [3.05, 3.63) is 52.8 Å². The van der Waals surface area contributed by atoms with Crippen LogP contribution in [-0.4, -0.2) is 40.8 Å². The number of nitrogens with one attached hydrogen (secondary N) is 2. The number of aromatic nitrogens is 2. The highest BCUT2D eigenvalue weighted by molar-refractivity contribution is 6.31. The maximum Gasteiger partial charge on any atom is 0.222 e. The number of aliphatic hydroxyl groups is 1. The lowest BCUT2D eigenvalue weighted by Crippen LogP contribution is -2.41. The van der Waals surface area contributed by atoms with Crippen molar-refractivity contribution in [2.24, 2.45) is 0 Å². The van der Waals surface area contributed by atoms with E-state index in [2.05, 4.69) is 21.7 Å². The predicted molar refractivity (Wildman–Crippen MR) is 101 cm³/mol. The topological polar surface area (TPSA) is 70.1 Å². The third kappa shape index (κ3) is 3.94. The van der Waals surface area contributed by atoms with Crippen molar-refractivity contribution in [3.63, 3.8) is 0 Å². The molecule has 3 N–H and O–H groups in total. The normalized spacial score (nSPS) is 17.9. The highest BCUT2D eigenvalue weighted by Crippen LogP contribution is 2.42. The summed E-state index contributed by atoms with van der Waals surface area (Å²) in [7, 11) is 0. The molecule has 0 unspecified atom stereocenters. The number of benzene rings is 1. The van der Waals surface area contributed by atoms with Gasteiger partial charge in [0.2, 0.25) is 5.95 Å². The van der Waals surface area contributed by atoms with Crippen LogP contribution in [0.3, 0.4) is 0 Å². The average Bonchev–Trinajstić information content (AvgIpc) is 2.67. The number of hydrogen-bond acceptors (Lipinski definition) is 5. The molecule has 0 radical (unpaired) electrons. The van der Waals surface area contributed by atoms with Gasteiger partial charge in [-0.3, -0.25) is 0 Å². The van der Waals surface area contributed by atoms with E-state index < -0.39 is 6.10 Å². The molecule has 1 atom stereocenters. The molecule has 0 aliphatic carbocycles. The first kappa shape index (κ1) is 18.1. The average molecular weight is 361 g/mol. The summed E-state index contributed by atoms with van der Waals surface area (Å²) in [6.07, 6.45) is 3.95. The molecular weight excluding hydrogens is 336 g/mol. The van der Waals surface area contributed by atoms with E-state index in [1.165, 1.54) is 0 Å². The second-order valence-corrected chi connectivity index (χ2v) is 6.93. The van der Waals surface area contributed by atoms with E-state index in [1.54, 1.807) is 6.20 Å². The zero-order chi connectivity index (χ0) is 17.7.